The molecule has 1 aliphatic heterocycles. The van der Waals surface area contributed by atoms with E-state index in [1.807, 2.05) is 25.1 Å². The van der Waals surface area contributed by atoms with E-state index in [2.05, 4.69) is 17.0 Å². The van der Waals surface area contributed by atoms with Crippen LogP contribution in [0.1, 0.15) is 26.2 Å². The summed E-state index contributed by atoms with van der Waals surface area (Å²) in [6.45, 7) is 4.72. The van der Waals surface area contributed by atoms with E-state index in [-0.39, 0.29) is 0 Å². The summed E-state index contributed by atoms with van der Waals surface area (Å²) in [5, 5.41) is 8.82. The van der Waals surface area contributed by atoms with Crippen LogP contribution in [-0.4, -0.2) is 19.7 Å². The van der Waals surface area contributed by atoms with E-state index in [9.17, 15) is 0 Å². The first-order valence-corrected chi connectivity index (χ1v) is 6.69. The molecule has 1 saturated heterocycles. The number of nitriles is 1. The zero-order valence-corrected chi connectivity index (χ0v) is 10.9. The molecule has 1 atom stereocenters. The van der Waals surface area contributed by atoms with E-state index in [0.717, 1.165) is 25.3 Å². The van der Waals surface area contributed by atoms with Crippen molar-refractivity contribution < 1.29 is 4.74 Å². The molecule has 1 aromatic rings. The molecule has 0 bridgehead atoms. The zero-order valence-electron chi connectivity index (χ0n) is 10.9. The molecule has 0 amide bonds. The van der Waals surface area contributed by atoms with Crippen molar-refractivity contribution in [2.75, 3.05) is 24.6 Å². The van der Waals surface area contributed by atoms with Gasteiger partial charge in [-0.2, -0.15) is 5.26 Å². The maximum Gasteiger partial charge on any atom is 0.142 e. The number of rotatable bonds is 4. The minimum absolute atomic E-state index is 0.499. The van der Waals surface area contributed by atoms with E-state index >= 15 is 0 Å². The fraction of sp³-hybridized carbons (Fsp3) is 0.533. The molecule has 3 nitrogen and oxygen atoms in total. The Balaban J connectivity index is 2.13. The van der Waals surface area contributed by atoms with E-state index in [1.165, 1.54) is 12.1 Å². The smallest absolute Gasteiger partial charge is 0.142 e. The lowest BCUT2D eigenvalue weighted by molar-refractivity contribution is 0.337. The molecular weight excluding hydrogens is 224 g/mol. The van der Waals surface area contributed by atoms with Crippen LogP contribution >= 0.6 is 0 Å². The highest BCUT2D eigenvalue weighted by molar-refractivity contribution is 5.58. The van der Waals surface area contributed by atoms with Gasteiger partial charge in [-0.25, -0.2) is 0 Å². The second-order valence-electron chi connectivity index (χ2n) is 4.72. The van der Waals surface area contributed by atoms with E-state index in [0.29, 0.717) is 18.9 Å². The van der Waals surface area contributed by atoms with Crippen molar-refractivity contribution in [1.82, 2.24) is 0 Å². The van der Waals surface area contributed by atoms with Crippen LogP contribution < -0.4 is 9.64 Å². The quantitative estimate of drug-likeness (QED) is 0.816. The Morgan fingerprint density at radius 1 is 1.44 bits per heavy atom. The van der Waals surface area contributed by atoms with Crippen molar-refractivity contribution in [3.63, 3.8) is 0 Å². The second-order valence-corrected chi connectivity index (χ2v) is 4.72. The van der Waals surface area contributed by atoms with Crippen LogP contribution in [0, 0.1) is 17.2 Å². The molecule has 0 saturated carbocycles. The molecule has 1 fully saturated rings. The summed E-state index contributed by atoms with van der Waals surface area (Å²) in [5.74, 6) is 1.45. The highest BCUT2D eigenvalue weighted by atomic mass is 16.5. The second kappa shape index (κ2) is 6.30. The number of benzene rings is 1. The Hall–Kier alpha value is -1.69. The van der Waals surface area contributed by atoms with Crippen LogP contribution in [0.4, 0.5) is 5.69 Å². The molecule has 18 heavy (non-hydrogen) atoms. The number of anilines is 1. The van der Waals surface area contributed by atoms with Gasteiger partial charge in [0.1, 0.15) is 5.75 Å². The number of piperidine rings is 1. The van der Waals surface area contributed by atoms with Gasteiger partial charge in [0.05, 0.1) is 18.4 Å². The lowest BCUT2D eigenvalue weighted by Gasteiger charge is -2.34. The van der Waals surface area contributed by atoms with Gasteiger partial charge < -0.3 is 9.64 Å². The molecule has 0 aliphatic carbocycles. The minimum Gasteiger partial charge on any atom is -0.492 e. The molecule has 0 aromatic heterocycles. The first-order valence-electron chi connectivity index (χ1n) is 6.69. The molecule has 0 N–H and O–H groups in total. The van der Waals surface area contributed by atoms with Gasteiger partial charge >= 0.3 is 0 Å². The molecule has 0 spiro atoms. The van der Waals surface area contributed by atoms with Gasteiger partial charge in [0, 0.05) is 19.5 Å². The SMILES string of the molecule is CCOc1ccccc1N1CCCC(CC#N)C1. The van der Waals surface area contributed by atoms with E-state index < -0.39 is 0 Å². The molecule has 0 radical (unpaired) electrons. The molecule has 1 aromatic carbocycles. The average molecular weight is 244 g/mol. The summed E-state index contributed by atoms with van der Waals surface area (Å²) in [6, 6.07) is 10.5. The van der Waals surface area contributed by atoms with Crippen molar-refractivity contribution in [3.05, 3.63) is 24.3 Å². The Labute approximate surface area is 109 Å². The minimum atomic E-state index is 0.499. The maximum absolute atomic E-state index is 8.82. The van der Waals surface area contributed by atoms with Gasteiger partial charge in [-0.3, -0.25) is 0 Å². The third kappa shape index (κ3) is 2.95. The van der Waals surface area contributed by atoms with Crippen molar-refractivity contribution >= 4 is 5.69 Å². The van der Waals surface area contributed by atoms with Crippen molar-refractivity contribution in [2.45, 2.75) is 26.2 Å². The Bertz CT molecular complexity index is 425. The Morgan fingerprint density at radius 2 is 2.28 bits per heavy atom. The number of hydrogen-bond donors (Lipinski definition) is 0. The summed E-state index contributed by atoms with van der Waals surface area (Å²) in [4.78, 5) is 2.36. The summed E-state index contributed by atoms with van der Waals surface area (Å²) >= 11 is 0. The van der Waals surface area contributed by atoms with Gasteiger partial charge in [-0.1, -0.05) is 12.1 Å². The molecule has 96 valence electrons. The maximum atomic E-state index is 8.82. The third-order valence-corrected chi connectivity index (χ3v) is 3.40. The Kier molecular flexibility index (Phi) is 4.46. The van der Waals surface area contributed by atoms with Gasteiger partial charge in [0.2, 0.25) is 0 Å². The van der Waals surface area contributed by atoms with Gasteiger partial charge in [0.15, 0.2) is 0 Å². The number of para-hydroxylation sites is 2. The van der Waals surface area contributed by atoms with Crippen LogP contribution in [0.25, 0.3) is 0 Å². The molecule has 3 heteroatoms. The van der Waals surface area contributed by atoms with E-state index in [4.69, 9.17) is 10.00 Å². The predicted octanol–water partition coefficient (Wildman–Crippen LogP) is 3.22. The van der Waals surface area contributed by atoms with Crippen LogP contribution in [-0.2, 0) is 0 Å². The van der Waals surface area contributed by atoms with Crippen LogP contribution in [0.5, 0.6) is 5.75 Å². The molecule has 2 rings (SSSR count). The first kappa shape index (κ1) is 12.8. The average Bonchev–Trinajstić information content (AvgIpc) is 2.40. The van der Waals surface area contributed by atoms with Crippen LogP contribution in [0.15, 0.2) is 24.3 Å². The van der Waals surface area contributed by atoms with Gasteiger partial charge in [-0.05, 0) is 37.8 Å². The molecule has 1 heterocycles. The lowest BCUT2D eigenvalue weighted by atomic mass is 9.95. The lowest BCUT2D eigenvalue weighted by Crippen LogP contribution is -2.35. The van der Waals surface area contributed by atoms with Crippen molar-refractivity contribution in [2.24, 2.45) is 5.92 Å². The monoisotopic (exact) mass is 244 g/mol. The normalized spacial score (nSPS) is 19.3. The number of nitrogens with zero attached hydrogens (tertiary/aromatic N) is 2. The zero-order chi connectivity index (χ0) is 12.8. The number of ether oxygens (including phenoxy) is 1. The topological polar surface area (TPSA) is 36.3 Å². The highest BCUT2D eigenvalue weighted by Gasteiger charge is 2.21. The standard InChI is InChI=1S/C15H20N2O/c1-2-18-15-8-4-3-7-14(15)17-11-5-6-13(12-17)9-10-16/h3-4,7-8,13H,2,5-6,9,11-12H2,1H3. The third-order valence-electron chi connectivity index (χ3n) is 3.40. The summed E-state index contributed by atoms with van der Waals surface area (Å²) in [5.41, 5.74) is 1.17. The van der Waals surface area contributed by atoms with Crippen LogP contribution in [0.2, 0.25) is 0 Å². The fourth-order valence-corrected chi connectivity index (χ4v) is 2.58. The van der Waals surface area contributed by atoms with Gasteiger partial charge in [-0.15, -0.1) is 0 Å². The summed E-state index contributed by atoms with van der Waals surface area (Å²) < 4.78 is 5.68. The van der Waals surface area contributed by atoms with Crippen molar-refractivity contribution in [1.29, 1.82) is 5.26 Å². The van der Waals surface area contributed by atoms with Gasteiger partial charge in [0.25, 0.3) is 0 Å². The number of hydrogen-bond acceptors (Lipinski definition) is 3. The van der Waals surface area contributed by atoms with E-state index in [1.54, 1.807) is 0 Å². The largest absolute Gasteiger partial charge is 0.492 e. The highest BCUT2D eigenvalue weighted by Crippen LogP contribution is 2.32. The van der Waals surface area contributed by atoms with Crippen LogP contribution in [0.3, 0.4) is 0 Å². The molecule has 1 unspecified atom stereocenters. The molecular formula is C15H20N2O. The predicted molar refractivity (Wildman–Crippen MR) is 72.8 cm³/mol. The summed E-state index contributed by atoms with van der Waals surface area (Å²) in [6.07, 6.45) is 2.99. The fourth-order valence-electron chi connectivity index (χ4n) is 2.58. The Morgan fingerprint density at radius 3 is 3.06 bits per heavy atom. The first-order chi connectivity index (χ1) is 8.85. The molecule has 1 aliphatic rings. The van der Waals surface area contributed by atoms with Crippen molar-refractivity contribution in [3.8, 4) is 11.8 Å². The summed E-state index contributed by atoms with van der Waals surface area (Å²) in [7, 11) is 0.